The maximum Gasteiger partial charge on any atom is 0.387 e. The Balaban J connectivity index is 1.90. The highest BCUT2D eigenvalue weighted by Gasteiger charge is 2.17. The summed E-state index contributed by atoms with van der Waals surface area (Å²) in [5.41, 5.74) is 0.993. The number of alkyl halides is 2. The first kappa shape index (κ1) is 15.0. The van der Waals surface area contributed by atoms with Crippen LogP contribution in [0.15, 0.2) is 30.3 Å². The topological polar surface area (TPSA) is 21.3 Å². The zero-order valence-corrected chi connectivity index (χ0v) is 11.7. The Morgan fingerprint density at radius 2 is 2.10 bits per heavy atom. The van der Waals surface area contributed by atoms with Crippen molar-refractivity contribution in [2.75, 3.05) is 6.54 Å². The minimum atomic E-state index is -2.77. The lowest BCUT2D eigenvalue weighted by atomic mass is 9.90. The second kappa shape index (κ2) is 7.39. The van der Waals surface area contributed by atoms with Gasteiger partial charge in [0.2, 0.25) is 0 Å². The summed E-state index contributed by atoms with van der Waals surface area (Å²) in [5.74, 6) is 0.992. The number of hydrogen-bond acceptors (Lipinski definition) is 2. The molecule has 0 saturated carbocycles. The first-order valence-corrected chi connectivity index (χ1v) is 7.14. The standard InChI is InChI=1S/C16H21F2NO/c1-2-12-9-10-19-14(11-12)6-3-13-4-7-15(8-5-13)20-16(17)18/h3-8,12,14,16,19H,2,9-11H2,1H3/b6-3+. The summed E-state index contributed by atoms with van der Waals surface area (Å²) >= 11 is 0. The number of rotatable bonds is 5. The Kier molecular flexibility index (Phi) is 5.53. The van der Waals surface area contributed by atoms with E-state index < -0.39 is 6.61 Å². The van der Waals surface area contributed by atoms with Crippen molar-refractivity contribution in [3.05, 3.63) is 35.9 Å². The van der Waals surface area contributed by atoms with Gasteiger partial charge in [-0.3, -0.25) is 0 Å². The molecule has 0 aliphatic carbocycles. The number of piperidine rings is 1. The summed E-state index contributed by atoms with van der Waals surface area (Å²) in [4.78, 5) is 0. The van der Waals surface area contributed by atoms with E-state index in [9.17, 15) is 8.78 Å². The van der Waals surface area contributed by atoms with Gasteiger partial charge >= 0.3 is 6.61 Å². The van der Waals surface area contributed by atoms with Crippen LogP contribution in [-0.2, 0) is 0 Å². The van der Waals surface area contributed by atoms with E-state index in [2.05, 4.69) is 23.1 Å². The molecule has 2 atom stereocenters. The smallest absolute Gasteiger partial charge is 0.387 e. The minimum absolute atomic E-state index is 0.194. The summed E-state index contributed by atoms with van der Waals surface area (Å²) in [6.45, 7) is 0.529. The summed E-state index contributed by atoms with van der Waals surface area (Å²) in [6, 6.07) is 7.11. The van der Waals surface area contributed by atoms with Gasteiger partial charge in [-0.25, -0.2) is 0 Å². The van der Waals surface area contributed by atoms with Crippen LogP contribution in [-0.4, -0.2) is 19.2 Å². The highest BCUT2D eigenvalue weighted by molar-refractivity contribution is 5.51. The summed E-state index contributed by atoms with van der Waals surface area (Å²) < 4.78 is 28.4. The summed E-state index contributed by atoms with van der Waals surface area (Å²) in [5, 5.41) is 3.48. The molecule has 1 saturated heterocycles. The van der Waals surface area contributed by atoms with Crippen molar-refractivity contribution >= 4 is 6.08 Å². The molecule has 4 heteroatoms. The molecule has 0 bridgehead atoms. The van der Waals surface area contributed by atoms with Crippen LogP contribution in [0.2, 0.25) is 0 Å². The fraction of sp³-hybridized carbons (Fsp3) is 0.500. The van der Waals surface area contributed by atoms with E-state index in [1.54, 1.807) is 24.3 Å². The maximum absolute atomic E-state index is 12.0. The van der Waals surface area contributed by atoms with Gasteiger partial charge in [0.05, 0.1) is 0 Å². The van der Waals surface area contributed by atoms with Crippen molar-refractivity contribution in [3.63, 3.8) is 0 Å². The Morgan fingerprint density at radius 1 is 1.35 bits per heavy atom. The molecule has 1 N–H and O–H groups in total. The normalized spacial score (nSPS) is 23.4. The Morgan fingerprint density at radius 3 is 2.75 bits per heavy atom. The molecule has 0 spiro atoms. The quantitative estimate of drug-likeness (QED) is 0.878. The van der Waals surface area contributed by atoms with E-state index in [0.29, 0.717) is 6.04 Å². The molecule has 1 heterocycles. The minimum Gasteiger partial charge on any atom is -0.435 e. The molecule has 0 radical (unpaired) electrons. The van der Waals surface area contributed by atoms with Crippen molar-refractivity contribution in [2.24, 2.45) is 5.92 Å². The highest BCUT2D eigenvalue weighted by Crippen LogP contribution is 2.21. The van der Waals surface area contributed by atoms with Crippen molar-refractivity contribution in [1.29, 1.82) is 0 Å². The predicted octanol–water partition coefficient (Wildman–Crippen LogP) is 4.08. The number of hydrogen-bond donors (Lipinski definition) is 1. The predicted molar refractivity (Wildman–Crippen MR) is 76.9 cm³/mol. The third-order valence-electron chi connectivity index (χ3n) is 3.75. The van der Waals surface area contributed by atoms with Crippen LogP contribution < -0.4 is 10.1 Å². The Labute approximate surface area is 118 Å². The van der Waals surface area contributed by atoms with Gasteiger partial charge in [-0.05, 0) is 43.0 Å². The first-order valence-electron chi connectivity index (χ1n) is 7.14. The molecule has 110 valence electrons. The molecule has 2 rings (SSSR count). The summed E-state index contributed by atoms with van der Waals surface area (Å²) in [6.07, 6.45) is 7.83. The lowest BCUT2D eigenvalue weighted by Gasteiger charge is -2.27. The molecule has 0 aromatic heterocycles. The van der Waals surface area contributed by atoms with Gasteiger partial charge in [0.1, 0.15) is 5.75 Å². The van der Waals surface area contributed by atoms with Crippen molar-refractivity contribution in [1.82, 2.24) is 5.32 Å². The van der Waals surface area contributed by atoms with E-state index in [0.717, 1.165) is 18.0 Å². The van der Waals surface area contributed by atoms with Crippen LogP contribution >= 0.6 is 0 Å². The molecule has 20 heavy (non-hydrogen) atoms. The van der Waals surface area contributed by atoms with Crippen molar-refractivity contribution < 1.29 is 13.5 Å². The second-order valence-electron chi connectivity index (χ2n) is 5.17. The molecule has 1 aliphatic heterocycles. The number of nitrogens with one attached hydrogen (secondary N) is 1. The van der Waals surface area contributed by atoms with Crippen LogP contribution in [0.25, 0.3) is 6.08 Å². The van der Waals surface area contributed by atoms with Gasteiger partial charge in [0, 0.05) is 6.04 Å². The Hall–Kier alpha value is -1.42. The van der Waals surface area contributed by atoms with Crippen LogP contribution in [0.5, 0.6) is 5.75 Å². The largest absolute Gasteiger partial charge is 0.435 e. The lowest BCUT2D eigenvalue weighted by Crippen LogP contribution is -2.36. The molecular weight excluding hydrogens is 260 g/mol. The van der Waals surface area contributed by atoms with Gasteiger partial charge < -0.3 is 10.1 Å². The highest BCUT2D eigenvalue weighted by atomic mass is 19.3. The van der Waals surface area contributed by atoms with Crippen molar-refractivity contribution in [2.45, 2.75) is 38.8 Å². The van der Waals surface area contributed by atoms with Gasteiger partial charge in [-0.15, -0.1) is 0 Å². The average Bonchev–Trinajstić information content (AvgIpc) is 2.46. The van der Waals surface area contributed by atoms with E-state index in [4.69, 9.17) is 0 Å². The monoisotopic (exact) mass is 281 g/mol. The number of ether oxygens (including phenoxy) is 1. The van der Waals surface area contributed by atoms with Gasteiger partial charge in [-0.2, -0.15) is 8.78 Å². The zero-order valence-electron chi connectivity index (χ0n) is 11.7. The maximum atomic E-state index is 12.0. The van der Waals surface area contributed by atoms with Crippen LogP contribution in [0.3, 0.4) is 0 Å². The third-order valence-corrected chi connectivity index (χ3v) is 3.75. The van der Waals surface area contributed by atoms with E-state index in [1.807, 2.05) is 6.08 Å². The van der Waals surface area contributed by atoms with Gasteiger partial charge in [0.15, 0.2) is 0 Å². The van der Waals surface area contributed by atoms with Gasteiger partial charge in [0.25, 0.3) is 0 Å². The molecule has 2 unspecified atom stereocenters. The molecule has 1 aromatic carbocycles. The van der Waals surface area contributed by atoms with Gasteiger partial charge in [-0.1, -0.05) is 37.6 Å². The van der Waals surface area contributed by atoms with Crippen molar-refractivity contribution in [3.8, 4) is 5.75 Å². The average molecular weight is 281 g/mol. The number of halogens is 2. The fourth-order valence-electron chi connectivity index (χ4n) is 2.54. The van der Waals surface area contributed by atoms with E-state index >= 15 is 0 Å². The fourth-order valence-corrected chi connectivity index (χ4v) is 2.54. The van der Waals surface area contributed by atoms with Crippen LogP contribution in [0.4, 0.5) is 8.78 Å². The second-order valence-corrected chi connectivity index (χ2v) is 5.17. The molecule has 0 amide bonds. The molecule has 1 aromatic rings. The number of benzene rings is 1. The lowest BCUT2D eigenvalue weighted by molar-refractivity contribution is -0.0498. The van der Waals surface area contributed by atoms with Crippen LogP contribution in [0.1, 0.15) is 31.7 Å². The third kappa shape index (κ3) is 4.60. The molecule has 1 aliphatic rings. The zero-order chi connectivity index (χ0) is 14.4. The first-order chi connectivity index (χ1) is 9.67. The Bertz CT molecular complexity index is 431. The molecule has 2 nitrogen and oxygen atoms in total. The molecular formula is C16H21F2NO. The van der Waals surface area contributed by atoms with E-state index in [-0.39, 0.29) is 5.75 Å². The summed E-state index contributed by atoms with van der Waals surface area (Å²) in [7, 11) is 0. The SMILES string of the molecule is CCC1CCNC(/C=C/c2ccc(OC(F)F)cc2)C1. The molecule has 1 fully saturated rings. The van der Waals surface area contributed by atoms with Crippen LogP contribution in [0, 0.1) is 5.92 Å². The van der Waals surface area contributed by atoms with E-state index in [1.165, 1.54) is 19.3 Å².